The van der Waals surface area contributed by atoms with E-state index >= 15 is 0 Å². The van der Waals surface area contributed by atoms with Crippen molar-refractivity contribution in [3.8, 4) is 11.1 Å². The van der Waals surface area contributed by atoms with Gasteiger partial charge in [-0.15, -0.1) is 0 Å². The fourth-order valence-electron chi connectivity index (χ4n) is 1.90. The van der Waals surface area contributed by atoms with Crippen LogP contribution in [-0.2, 0) is 78.3 Å². The summed E-state index contributed by atoms with van der Waals surface area (Å²) >= 11 is 0. The monoisotopic (exact) mass is 429 g/mol. The second kappa shape index (κ2) is 13.1. The SMILES string of the molecule is C.[CH2-][B]C[n+]1ccc(-c2cc[n+](C[B]C)cc2)cc1.[Y].[Y]. The molecular formula is C15H21B2N2Y2+. The van der Waals surface area contributed by atoms with Crippen LogP contribution in [0.25, 0.3) is 11.1 Å². The molecule has 102 valence electrons. The van der Waals surface area contributed by atoms with Crippen LogP contribution in [0.4, 0.5) is 0 Å². The van der Waals surface area contributed by atoms with E-state index in [-0.39, 0.29) is 72.8 Å². The zero-order valence-corrected chi connectivity index (χ0v) is 17.6. The van der Waals surface area contributed by atoms with Gasteiger partial charge in [0.15, 0.2) is 32.1 Å². The maximum Gasteiger partial charge on any atom is 0.197 e. The Balaban J connectivity index is 0. The molecule has 2 rings (SSSR count). The van der Waals surface area contributed by atoms with E-state index in [0.29, 0.717) is 0 Å². The molecule has 0 saturated heterocycles. The Morgan fingerprint density at radius 3 is 1.57 bits per heavy atom. The Labute approximate surface area is 181 Å². The van der Waals surface area contributed by atoms with Crippen LogP contribution in [0, 0.1) is 6.82 Å². The van der Waals surface area contributed by atoms with Crippen LogP contribution in [0.2, 0.25) is 6.82 Å². The van der Waals surface area contributed by atoms with Crippen molar-refractivity contribution in [2.45, 2.75) is 27.1 Å². The number of rotatable bonds is 5. The molecular weight excluding hydrogens is 408 g/mol. The number of nitrogens with zero attached hydrogens (tertiary/aromatic N) is 2. The average Bonchev–Trinajstić information content (AvgIpc) is 2.41. The van der Waals surface area contributed by atoms with Gasteiger partial charge in [-0.2, -0.15) is 0 Å². The van der Waals surface area contributed by atoms with Gasteiger partial charge in [0.2, 0.25) is 0 Å². The van der Waals surface area contributed by atoms with E-state index in [1.807, 2.05) is 7.28 Å². The van der Waals surface area contributed by atoms with E-state index in [4.69, 9.17) is 0 Å². The first-order valence-electron chi connectivity index (χ1n) is 6.21. The van der Waals surface area contributed by atoms with E-state index in [2.05, 4.69) is 79.1 Å². The molecule has 2 nitrogen and oxygen atoms in total. The Hall–Kier alpha value is 0.638. The van der Waals surface area contributed by atoms with Crippen molar-refractivity contribution in [1.29, 1.82) is 0 Å². The second-order valence-corrected chi connectivity index (χ2v) is 4.26. The molecule has 0 aliphatic carbocycles. The average molecular weight is 429 g/mol. The van der Waals surface area contributed by atoms with Gasteiger partial charge in [-0.1, -0.05) is 14.2 Å². The predicted molar refractivity (Wildman–Crippen MR) is 81.7 cm³/mol. The Morgan fingerprint density at radius 2 is 1.24 bits per heavy atom. The van der Waals surface area contributed by atoms with Crippen LogP contribution in [-0.4, -0.2) is 14.6 Å². The standard InChI is InChI=1S/C14H17B2N2.CH4.2Y/c1-15-11-17-7-3-13(4-8-17)14-5-9-18(10-6-14)12-16-2;;;/h3-10H,1,11-12H2,2H3;1H4;;/q+1;;;. The minimum absolute atomic E-state index is 0. The summed E-state index contributed by atoms with van der Waals surface area (Å²) in [5, 5.41) is 0. The van der Waals surface area contributed by atoms with Crippen molar-refractivity contribution in [1.82, 2.24) is 0 Å². The molecule has 21 heavy (non-hydrogen) atoms. The summed E-state index contributed by atoms with van der Waals surface area (Å²) in [6, 6.07) is 8.57. The van der Waals surface area contributed by atoms with Crippen molar-refractivity contribution in [3.63, 3.8) is 0 Å². The molecule has 0 spiro atoms. The van der Waals surface area contributed by atoms with Gasteiger partial charge in [-0.3, -0.25) is 0 Å². The summed E-state index contributed by atoms with van der Waals surface area (Å²) < 4.78 is 4.26. The zero-order valence-electron chi connectivity index (χ0n) is 11.9. The van der Waals surface area contributed by atoms with Gasteiger partial charge in [-0.05, 0) is 18.4 Å². The molecule has 0 atom stereocenters. The third-order valence-electron chi connectivity index (χ3n) is 2.85. The van der Waals surface area contributed by atoms with Gasteiger partial charge in [-0.25, -0.2) is 9.13 Å². The number of aromatic nitrogens is 2. The summed E-state index contributed by atoms with van der Waals surface area (Å²) in [4.78, 5) is 0. The van der Waals surface area contributed by atoms with Crippen LogP contribution in [0.3, 0.4) is 0 Å². The first-order chi connectivity index (χ1) is 8.83. The van der Waals surface area contributed by atoms with E-state index in [0.717, 1.165) is 12.9 Å². The molecule has 4 radical (unpaired) electrons. The van der Waals surface area contributed by atoms with Crippen molar-refractivity contribution in [2.75, 3.05) is 0 Å². The summed E-state index contributed by atoms with van der Waals surface area (Å²) in [6.45, 7) is 5.80. The van der Waals surface area contributed by atoms with E-state index < -0.39 is 0 Å². The molecule has 6 heteroatoms. The van der Waals surface area contributed by atoms with Gasteiger partial charge < -0.3 is 6.82 Å². The zero-order chi connectivity index (χ0) is 12.8. The molecule has 2 aromatic heterocycles. The molecule has 2 heterocycles. The Kier molecular flexibility index (Phi) is 14.9. The third-order valence-corrected chi connectivity index (χ3v) is 2.85. The first kappa shape index (κ1) is 23.9. The van der Waals surface area contributed by atoms with Crippen molar-refractivity contribution in [2.24, 2.45) is 0 Å². The predicted octanol–water partition coefficient (Wildman–Crippen LogP) is 1.72. The molecule has 2 aromatic rings. The number of hydrogen-bond donors (Lipinski definition) is 0. The molecule has 0 unspecified atom stereocenters. The fraction of sp³-hybridized carbons (Fsp3) is 0.267. The largest absolute Gasteiger partial charge is 0.367 e. The van der Waals surface area contributed by atoms with Gasteiger partial charge in [0.25, 0.3) is 0 Å². The Bertz CT molecular complexity index is 443. The Morgan fingerprint density at radius 1 is 0.857 bits per heavy atom. The van der Waals surface area contributed by atoms with E-state index in [1.165, 1.54) is 11.1 Å². The van der Waals surface area contributed by atoms with Crippen LogP contribution in [0.1, 0.15) is 7.43 Å². The maximum atomic E-state index is 3.74. The minimum atomic E-state index is 0. The quantitative estimate of drug-likeness (QED) is 0.389. The third kappa shape index (κ3) is 7.64. The summed E-state index contributed by atoms with van der Waals surface area (Å²) in [6.07, 6.45) is 10.2. The number of hydrogen-bond acceptors (Lipinski definition) is 0. The summed E-state index contributed by atoms with van der Waals surface area (Å²) in [7, 11) is 4.03. The van der Waals surface area contributed by atoms with Crippen LogP contribution in [0.15, 0.2) is 49.1 Å². The van der Waals surface area contributed by atoms with Gasteiger partial charge in [0.05, 0.1) is 6.44 Å². The van der Waals surface area contributed by atoms with E-state index in [1.54, 1.807) is 0 Å². The summed E-state index contributed by atoms with van der Waals surface area (Å²) in [5.74, 6) is 0. The summed E-state index contributed by atoms with van der Waals surface area (Å²) in [5.41, 5.74) is 2.48. The molecule has 0 fully saturated rings. The second-order valence-electron chi connectivity index (χ2n) is 4.26. The topological polar surface area (TPSA) is 7.76 Å². The molecule has 0 saturated carbocycles. The van der Waals surface area contributed by atoms with E-state index in [9.17, 15) is 0 Å². The van der Waals surface area contributed by atoms with Crippen molar-refractivity contribution < 1.29 is 74.6 Å². The normalized spacial score (nSPS) is 8.67. The maximum absolute atomic E-state index is 3.74. The van der Waals surface area contributed by atoms with Crippen LogP contribution in [0.5, 0.6) is 0 Å². The van der Waals surface area contributed by atoms with Crippen LogP contribution < -0.4 is 9.13 Å². The smallest absolute Gasteiger partial charge is 0.197 e. The molecule has 0 amide bonds. The first-order valence-corrected chi connectivity index (χ1v) is 6.21. The molecule has 0 N–H and O–H groups in total. The van der Waals surface area contributed by atoms with Gasteiger partial charge >= 0.3 is 0 Å². The fourth-order valence-corrected chi connectivity index (χ4v) is 1.90. The van der Waals surface area contributed by atoms with Crippen LogP contribution >= 0.6 is 0 Å². The van der Waals surface area contributed by atoms with Crippen molar-refractivity contribution in [3.05, 3.63) is 55.9 Å². The molecule has 0 aromatic carbocycles. The van der Waals surface area contributed by atoms with Gasteiger partial charge in [0.1, 0.15) is 6.44 Å². The van der Waals surface area contributed by atoms with Crippen molar-refractivity contribution >= 4 is 14.6 Å². The van der Waals surface area contributed by atoms with Gasteiger partial charge in [0, 0.05) is 89.7 Å². The minimum Gasteiger partial charge on any atom is -0.367 e. The molecule has 0 aliphatic heterocycles. The molecule has 0 aliphatic rings. The number of pyridine rings is 2. The molecule has 0 bridgehead atoms.